The highest BCUT2D eigenvalue weighted by Crippen LogP contribution is 2.41. The van der Waals surface area contributed by atoms with Gasteiger partial charge in [0.2, 0.25) is 0 Å². The van der Waals surface area contributed by atoms with Crippen molar-refractivity contribution in [1.82, 2.24) is 10.6 Å². The van der Waals surface area contributed by atoms with E-state index in [1.807, 2.05) is 12.1 Å². The predicted molar refractivity (Wildman–Crippen MR) is 110 cm³/mol. The van der Waals surface area contributed by atoms with Crippen LogP contribution < -0.4 is 10.6 Å². The van der Waals surface area contributed by atoms with Gasteiger partial charge in [0.25, 0.3) is 0 Å². The Hall–Kier alpha value is -2.00. The second kappa shape index (κ2) is 7.93. The number of carbonyl (C=O) groups excluding carboxylic acids is 1. The molecule has 3 nitrogen and oxygen atoms in total. The summed E-state index contributed by atoms with van der Waals surface area (Å²) in [6, 6.07) is 17.0. The average Bonchev–Trinajstić information content (AvgIpc) is 2.59. The second-order valence-electron chi connectivity index (χ2n) is 8.16. The van der Waals surface area contributed by atoms with Crippen molar-refractivity contribution in [1.29, 1.82) is 0 Å². The van der Waals surface area contributed by atoms with E-state index in [4.69, 9.17) is 11.6 Å². The van der Waals surface area contributed by atoms with Crippen molar-refractivity contribution in [2.75, 3.05) is 6.54 Å². The highest BCUT2D eigenvalue weighted by atomic mass is 35.5. The summed E-state index contributed by atoms with van der Waals surface area (Å²) in [5.74, 6) is 1.78. The summed E-state index contributed by atoms with van der Waals surface area (Å²) in [6.45, 7) is 2.93. The van der Waals surface area contributed by atoms with Crippen LogP contribution in [-0.2, 0) is 0 Å². The highest BCUT2D eigenvalue weighted by molar-refractivity contribution is 6.30. The van der Waals surface area contributed by atoms with Gasteiger partial charge in [-0.1, -0.05) is 48.0 Å². The van der Waals surface area contributed by atoms with E-state index in [9.17, 15) is 4.79 Å². The van der Waals surface area contributed by atoms with Crippen molar-refractivity contribution in [3.8, 4) is 0 Å². The number of benzene rings is 2. The zero-order valence-electron chi connectivity index (χ0n) is 15.7. The molecule has 0 atom stereocenters. The fraction of sp³-hybridized carbons (Fsp3) is 0.435. The molecule has 0 heterocycles. The van der Waals surface area contributed by atoms with Gasteiger partial charge in [-0.15, -0.1) is 0 Å². The molecule has 0 bridgehead atoms. The van der Waals surface area contributed by atoms with E-state index in [1.165, 1.54) is 16.7 Å². The van der Waals surface area contributed by atoms with Gasteiger partial charge in [0.1, 0.15) is 0 Å². The molecule has 0 saturated heterocycles. The van der Waals surface area contributed by atoms with E-state index in [0.29, 0.717) is 23.8 Å². The Labute approximate surface area is 166 Å². The minimum atomic E-state index is -0.0156. The molecule has 4 rings (SSSR count). The second-order valence-corrected chi connectivity index (χ2v) is 8.60. The molecule has 27 heavy (non-hydrogen) atoms. The third kappa shape index (κ3) is 4.30. The van der Waals surface area contributed by atoms with Crippen molar-refractivity contribution in [2.45, 2.75) is 50.5 Å². The van der Waals surface area contributed by atoms with Gasteiger partial charge in [-0.2, -0.15) is 0 Å². The number of aryl methyl sites for hydroxylation is 1. The molecule has 142 valence electrons. The molecule has 2 saturated carbocycles. The van der Waals surface area contributed by atoms with Crippen LogP contribution in [0, 0.1) is 12.8 Å². The number of carbonyl (C=O) groups is 1. The van der Waals surface area contributed by atoms with Crippen molar-refractivity contribution >= 4 is 17.6 Å². The highest BCUT2D eigenvalue weighted by Gasteiger charge is 2.33. The Kier molecular flexibility index (Phi) is 5.40. The van der Waals surface area contributed by atoms with Crippen LogP contribution in [0.4, 0.5) is 4.79 Å². The quantitative estimate of drug-likeness (QED) is 0.715. The lowest BCUT2D eigenvalue weighted by Crippen LogP contribution is -2.49. The fourth-order valence-corrected chi connectivity index (χ4v) is 4.54. The first-order valence-corrected chi connectivity index (χ1v) is 10.3. The summed E-state index contributed by atoms with van der Waals surface area (Å²) in [7, 11) is 0. The first-order valence-electron chi connectivity index (χ1n) is 9.94. The Morgan fingerprint density at radius 1 is 1.00 bits per heavy atom. The monoisotopic (exact) mass is 382 g/mol. The summed E-state index contributed by atoms with van der Waals surface area (Å²) in [6.07, 6.45) is 4.36. The summed E-state index contributed by atoms with van der Waals surface area (Å²) in [4.78, 5) is 12.2. The summed E-state index contributed by atoms with van der Waals surface area (Å²) in [5.41, 5.74) is 4.14. The molecular formula is C23H27ClN2O. The van der Waals surface area contributed by atoms with E-state index in [0.717, 1.165) is 37.3 Å². The molecule has 0 radical (unpaired) electrons. The maximum atomic E-state index is 12.2. The summed E-state index contributed by atoms with van der Waals surface area (Å²) < 4.78 is 0. The molecule has 2 aliphatic carbocycles. The van der Waals surface area contributed by atoms with Gasteiger partial charge >= 0.3 is 6.03 Å². The van der Waals surface area contributed by atoms with Crippen LogP contribution in [0.5, 0.6) is 0 Å². The molecule has 0 aromatic heterocycles. The van der Waals surface area contributed by atoms with Crippen LogP contribution in [0.15, 0.2) is 48.5 Å². The Balaban J connectivity index is 1.14. The van der Waals surface area contributed by atoms with Crippen molar-refractivity contribution in [3.63, 3.8) is 0 Å². The van der Waals surface area contributed by atoms with Gasteiger partial charge in [-0.05, 0) is 79.2 Å². The van der Waals surface area contributed by atoms with Crippen LogP contribution in [-0.4, -0.2) is 18.6 Å². The minimum absolute atomic E-state index is 0.0156. The smallest absolute Gasteiger partial charge is 0.315 e. The number of amides is 2. The molecule has 2 amide bonds. The predicted octanol–water partition coefficient (Wildman–Crippen LogP) is 5.39. The third-order valence-corrected chi connectivity index (χ3v) is 6.48. The molecular weight excluding hydrogens is 356 g/mol. The number of urea groups is 1. The van der Waals surface area contributed by atoms with E-state index < -0.39 is 0 Å². The van der Waals surface area contributed by atoms with Gasteiger partial charge < -0.3 is 10.6 Å². The van der Waals surface area contributed by atoms with E-state index in [1.54, 1.807) is 0 Å². The van der Waals surface area contributed by atoms with E-state index >= 15 is 0 Å². The van der Waals surface area contributed by atoms with Gasteiger partial charge in [0.05, 0.1) is 0 Å². The van der Waals surface area contributed by atoms with Crippen molar-refractivity contribution < 1.29 is 4.79 Å². The lowest BCUT2D eigenvalue weighted by molar-refractivity contribution is 0.211. The van der Waals surface area contributed by atoms with Crippen LogP contribution in [0.2, 0.25) is 5.02 Å². The van der Waals surface area contributed by atoms with Crippen LogP contribution >= 0.6 is 11.6 Å². The molecule has 0 spiro atoms. The maximum Gasteiger partial charge on any atom is 0.315 e. The average molecular weight is 383 g/mol. The number of nitrogens with one attached hydrogen (secondary N) is 2. The summed E-state index contributed by atoms with van der Waals surface area (Å²) in [5, 5.41) is 6.97. The van der Waals surface area contributed by atoms with Crippen molar-refractivity contribution in [3.05, 3.63) is 70.2 Å². The van der Waals surface area contributed by atoms with Crippen LogP contribution in [0.3, 0.4) is 0 Å². The van der Waals surface area contributed by atoms with Crippen molar-refractivity contribution in [2.24, 2.45) is 5.92 Å². The Bertz CT molecular complexity index is 792. The number of rotatable bonds is 5. The molecule has 4 heteroatoms. The van der Waals surface area contributed by atoms with Crippen LogP contribution in [0.1, 0.15) is 54.2 Å². The number of hydrogen-bond donors (Lipinski definition) is 2. The molecule has 0 aliphatic heterocycles. The SMILES string of the molecule is Cc1ccccc1C1CC(NC(=O)NCC2CC(c3ccc(Cl)cc3)C2)C1. The number of hydrogen-bond acceptors (Lipinski definition) is 1. The van der Waals surface area contributed by atoms with Gasteiger partial charge in [0.15, 0.2) is 0 Å². The van der Waals surface area contributed by atoms with Gasteiger partial charge in [-0.3, -0.25) is 0 Å². The number of halogens is 1. The summed E-state index contributed by atoms with van der Waals surface area (Å²) >= 11 is 5.95. The zero-order chi connectivity index (χ0) is 18.8. The van der Waals surface area contributed by atoms with Crippen LogP contribution in [0.25, 0.3) is 0 Å². The van der Waals surface area contributed by atoms with Gasteiger partial charge in [0, 0.05) is 17.6 Å². The zero-order valence-corrected chi connectivity index (χ0v) is 16.5. The van der Waals surface area contributed by atoms with E-state index in [-0.39, 0.29) is 6.03 Å². The topological polar surface area (TPSA) is 41.1 Å². The first kappa shape index (κ1) is 18.4. The van der Waals surface area contributed by atoms with Gasteiger partial charge in [-0.25, -0.2) is 4.79 Å². The largest absolute Gasteiger partial charge is 0.338 e. The Morgan fingerprint density at radius 2 is 1.70 bits per heavy atom. The first-order chi connectivity index (χ1) is 13.1. The Morgan fingerprint density at radius 3 is 2.41 bits per heavy atom. The molecule has 2 fully saturated rings. The molecule has 2 aliphatic rings. The standard InChI is InChI=1S/C23H27ClN2O/c1-15-4-2-3-5-22(15)19-12-21(13-19)26-23(27)25-14-16-10-18(11-16)17-6-8-20(24)9-7-17/h2-9,16,18-19,21H,10-14H2,1H3,(H2,25,26,27). The molecule has 2 N–H and O–H groups in total. The minimum Gasteiger partial charge on any atom is -0.338 e. The third-order valence-electron chi connectivity index (χ3n) is 6.23. The maximum absolute atomic E-state index is 12.2. The lowest BCUT2D eigenvalue weighted by atomic mass is 9.71. The van der Waals surface area contributed by atoms with E-state index in [2.05, 4.69) is 54.0 Å². The molecule has 2 aromatic carbocycles. The molecule has 0 unspecified atom stereocenters. The molecule has 2 aromatic rings. The fourth-order valence-electron chi connectivity index (χ4n) is 4.42. The lowest BCUT2D eigenvalue weighted by Gasteiger charge is -2.38. The normalized spacial score (nSPS) is 26.6.